The summed E-state index contributed by atoms with van der Waals surface area (Å²) in [5.41, 5.74) is 0. The predicted molar refractivity (Wildman–Crippen MR) is 78.5 cm³/mol. The molecule has 120 valence electrons. The first-order chi connectivity index (χ1) is 9.91. The summed E-state index contributed by atoms with van der Waals surface area (Å²) in [6.45, 7) is 1.53. The van der Waals surface area contributed by atoms with Crippen LogP contribution in [0.2, 0.25) is 0 Å². The first-order valence-corrected chi connectivity index (χ1v) is 9.18. The van der Waals surface area contributed by atoms with Gasteiger partial charge in [-0.1, -0.05) is 0 Å². The van der Waals surface area contributed by atoms with Crippen molar-refractivity contribution in [2.45, 2.75) is 19.3 Å². The molecule has 0 aromatic rings. The molecule has 7 nitrogen and oxygen atoms in total. The Balaban J connectivity index is 1.72. The van der Waals surface area contributed by atoms with Gasteiger partial charge in [0.05, 0.1) is 11.5 Å². The minimum atomic E-state index is -2.90. The van der Waals surface area contributed by atoms with Gasteiger partial charge in [-0.05, 0) is 25.2 Å². The summed E-state index contributed by atoms with van der Waals surface area (Å²) in [4.78, 5) is 25.2. The van der Waals surface area contributed by atoms with Crippen molar-refractivity contribution >= 4 is 21.8 Å². The van der Waals surface area contributed by atoms with Gasteiger partial charge in [-0.15, -0.1) is 0 Å². The van der Waals surface area contributed by atoms with E-state index in [0.717, 1.165) is 0 Å². The molecule has 8 heteroatoms. The monoisotopic (exact) mass is 317 g/mol. The van der Waals surface area contributed by atoms with Crippen LogP contribution in [-0.4, -0.2) is 63.4 Å². The van der Waals surface area contributed by atoms with Crippen molar-refractivity contribution in [3.05, 3.63) is 0 Å². The summed E-state index contributed by atoms with van der Waals surface area (Å²) >= 11 is 0. The number of likely N-dealkylation sites (tertiary alicyclic amines) is 1. The lowest BCUT2D eigenvalue weighted by atomic mass is 9.96. The van der Waals surface area contributed by atoms with Crippen LogP contribution in [0.4, 0.5) is 4.79 Å². The molecule has 0 aliphatic carbocycles. The standard InChI is InChI=1S/C13H23N3O4S/c1-14-12(17)11-2-5-16(6-3-11)13(18)15-8-10-4-7-21(19,20)9-10/h10-11H,2-9H2,1H3,(H,14,17)(H,15,18). The third-order valence-electron chi connectivity index (χ3n) is 4.27. The van der Waals surface area contributed by atoms with Gasteiger partial charge in [0.15, 0.2) is 9.84 Å². The van der Waals surface area contributed by atoms with Crippen molar-refractivity contribution in [1.82, 2.24) is 15.5 Å². The van der Waals surface area contributed by atoms with Crippen LogP contribution in [-0.2, 0) is 14.6 Å². The topological polar surface area (TPSA) is 95.6 Å². The fourth-order valence-corrected chi connectivity index (χ4v) is 4.79. The second-order valence-electron chi connectivity index (χ2n) is 5.83. The first-order valence-electron chi connectivity index (χ1n) is 7.36. The third-order valence-corrected chi connectivity index (χ3v) is 6.11. The molecule has 0 radical (unpaired) electrons. The van der Waals surface area contributed by atoms with Gasteiger partial charge in [0.2, 0.25) is 5.91 Å². The molecule has 2 fully saturated rings. The van der Waals surface area contributed by atoms with Gasteiger partial charge in [-0.2, -0.15) is 0 Å². The highest BCUT2D eigenvalue weighted by molar-refractivity contribution is 7.91. The van der Waals surface area contributed by atoms with Crippen LogP contribution in [0.1, 0.15) is 19.3 Å². The molecule has 2 N–H and O–H groups in total. The van der Waals surface area contributed by atoms with Crippen LogP contribution in [0.5, 0.6) is 0 Å². The Morgan fingerprint density at radius 2 is 1.86 bits per heavy atom. The summed E-state index contributed by atoms with van der Waals surface area (Å²) in [6.07, 6.45) is 1.97. The lowest BCUT2D eigenvalue weighted by molar-refractivity contribution is -0.125. The first kappa shape index (κ1) is 16.1. The fraction of sp³-hybridized carbons (Fsp3) is 0.846. The molecule has 0 bridgehead atoms. The quantitative estimate of drug-likeness (QED) is 0.739. The Morgan fingerprint density at radius 1 is 1.19 bits per heavy atom. The van der Waals surface area contributed by atoms with E-state index < -0.39 is 9.84 Å². The molecule has 0 spiro atoms. The Morgan fingerprint density at radius 3 is 2.38 bits per heavy atom. The van der Waals surface area contributed by atoms with Crippen molar-refractivity contribution in [3.8, 4) is 0 Å². The van der Waals surface area contributed by atoms with Crippen LogP contribution in [0.3, 0.4) is 0 Å². The molecular formula is C13H23N3O4S. The minimum absolute atomic E-state index is 0.0148. The number of hydrogen-bond acceptors (Lipinski definition) is 4. The Hall–Kier alpha value is -1.31. The zero-order valence-electron chi connectivity index (χ0n) is 12.3. The van der Waals surface area contributed by atoms with E-state index in [0.29, 0.717) is 38.9 Å². The van der Waals surface area contributed by atoms with Crippen molar-refractivity contribution < 1.29 is 18.0 Å². The molecule has 0 aromatic carbocycles. The van der Waals surface area contributed by atoms with E-state index >= 15 is 0 Å². The molecule has 1 unspecified atom stereocenters. The van der Waals surface area contributed by atoms with E-state index in [1.54, 1.807) is 11.9 Å². The van der Waals surface area contributed by atoms with Gasteiger partial charge in [-0.25, -0.2) is 13.2 Å². The predicted octanol–water partition coefficient (Wildman–Crippen LogP) is -0.411. The number of urea groups is 1. The van der Waals surface area contributed by atoms with E-state index in [4.69, 9.17) is 0 Å². The number of sulfone groups is 1. The molecule has 21 heavy (non-hydrogen) atoms. The van der Waals surface area contributed by atoms with E-state index in [1.165, 1.54) is 0 Å². The summed E-state index contributed by atoms with van der Waals surface area (Å²) in [6, 6.07) is -0.158. The van der Waals surface area contributed by atoms with E-state index in [2.05, 4.69) is 10.6 Å². The normalized spacial score (nSPS) is 25.6. The molecule has 2 aliphatic rings. The maximum atomic E-state index is 12.0. The van der Waals surface area contributed by atoms with E-state index in [-0.39, 0.29) is 35.3 Å². The smallest absolute Gasteiger partial charge is 0.317 e. The zero-order valence-corrected chi connectivity index (χ0v) is 13.1. The summed E-state index contributed by atoms with van der Waals surface area (Å²) in [7, 11) is -1.28. The number of nitrogens with zero attached hydrogens (tertiary/aromatic N) is 1. The summed E-state index contributed by atoms with van der Waals surface area (Å²) in [5, 5.41) is 5.45. The maximum absolute atomic E-state index is 12.0. The highest BCUT2D eigenvalue weighted by Gasteiger charge is 2.30. The van der Waals surface area contributed by atoms with Crippen molar-refractivity contribution in [2.24, 2.45) is 11.8 Å². The molecule has 2 aliphatic heterocycles. The number of carbonyl (C=O) groups excluding carboxylic acids is 2. The van der Waals surface area contributed by atoms with Gasteiger partial charge in [0.25, 0.3) is 0 Å². The second-order valence-corrected chi connectivity index (χ2v) is 8.06. The number of amides is 3. The number of hydrogen-bond donors (Lipinski definition) is 2. The Kier molecular flexibility index (Phi) is 5.08. The van der Waals surface area contributed by atoms with Crippen LogP contribution in [0, 0.1) is 11.8 Å². The molecule has 2 rings (SSSR count). The van der Waals surface area contributed by atoms with Crippen molar-refractivity contribution in [3.63, 3.8) is 0 Å². The molecule has 2 heterocycles. The van der Waals surface area contributed by atoms with Crippen LogP contribution < -0.4 is 10.6 Å². The molecule has 2 saturated heterocycles. The second kappa shape index (κ2) is 6.64. The highest BCUT2D eigenvalue weighted by Crippen LogP contribution is 2.19. The lowest BCUT2D eigenvalue weighted by Crippen LogP contribution is -2.47. The molecule has 0 aromatic heterocycles. The van der Waals surface area contributed by atoms with E-state index in [9.17, 15) is 18.0 Å². The summed E-state index contributed by atoms with van der Waals surface area (Å²) < 4.78 is 22.7. The highest BCUT2D eigenvalue weighted by atomic mass is 32.2. The summed E-state index contributed by atoms with van der Waals surface area (Å²) in [5.74, 6) is 0.449. The Bertz CT molecular complexity index is 498. The molecule has 3 amide bonds. The Labute approximate surface area is 125 Å². The van der Waals surface area contributed by atoms with Crippen molar-refractivity contribution in [1.29, 1.82) is 0 Å². The number of piperidine rings is 1. The van der Waals surface area contributed by atoms with Crippen LogP contribution in [0.25, 0.3) is 0 Å². The molecular weight excluding hydrogens is 294 g/mol. The van der Waals surface area contributed by atoms with Gasteiger partial charge in [0.1, 0.15) is 0 Å². The maximum Gasteiger partial charge on any atom is 0.317 e. The fourth-order valence-electron chi connectivity index (χ4n) is 2.93. The minimum Gasteiger partial charge on any atom is -0.359 e. The lowest BCUT2D eigenvalue weighted by Gasteiger charge is -2.31. The van der Waals surface area contributed by atoms with E-state index in [1.807, 2.05) is 0 Å². The zero-order chi connectivity index (χ0) is 15.5. The number of nitrogens with one attached hydrogen (secondary N) is 2. The average Bonchev–Trinajstić information content (AvgIpc) is 2.83. The van der Waals surface area contributed by atoms with Gasteiger partial charge < -0.3 is 15.5 Å². The molecule has 0 saturated carbocycles. The number of rotatable bonds is 3. The number of carbonyl (C=O) groups is 2. The van der Waals surface area contributed by atoms with Crippen LogP contribution >= 0.6 is 0 Å². The largest absolute Gasteiger partial charge is 0.359 e. The third kappa shape index (κ3) is 4.33. The average molecular weight is 317 g/mol. The van der Waals surface area contributed by atoms with Gasteiger partial charge in [-0.3, -0.25) is 4.79 Å². The molecule has 1 atom stereocenters. The van der Waals surface area contributed by atoms with Gasteiger partial charge in [0, 0.05) is 32.6 Å². The SMILES string of the molecule is CNC(=O)C1CCN(C(=O)NCC2CCS(=O)(=O)C2)CC1. The van der Waals surface area contributed by atoms with Crippen molar-refractivity contribution in [2.75, 3.05) is 38.2 Å². The van der Waals surface area contributed by atoms with Gasteiger partial charge >= 0.3 is 6.03 Å². The van der Waals surface area contributed by atoms with Crippen LogP contribution in [0.15, 0.2) is 0 Å².